The number of nitrogens with one attached hydrogen (secondary N) is 1. The van der Waals surface area contributed by atoms with Crippen molar-refractivity contribution < 1.29 is 14.0 Å². The SMILES string of the molecule is O=C(CN1CCN(C(=O)c2cc(-c3ccco3)n(-c3ccc(Cl)cc3)n2)CC1)NC1CC1. The van der Waals surface area contributed by atoms with Gasteiger partial charge in [-0.2, -0.15) is 5.10 Å². The molecule has 1 aliphatic carbocycles. The zero-order valence-corrected chi connectivity index (χ0v) is 18.3. The molecule has 2 fully saturated rings. The van der Waals surface area contributed by atoms with Crippen molar-refractivity contribution in [1.82, 2.24) is 24.9 Å². The third-order valence-corrected chi connectivity index (χ3v) is 5.99. The third-order valence-electron chi connectivity index (χ3n) is 5.74. The van der Waals surface area contributed by atoms with Gasteiger partial charge in [-0.25, -0.2) is 4.68 Å². The van der Waals surface area contributed by atoms with Crippen LogP contribution < -0.4 is 5.32 Å². The molecule has 166 valence electrons. The molecule has 5 rings (SSSR count). The van der Waals surface area contributed by atoms with Crippen LogP contribution in [-0.2, 0) is 4.79 Å². The molecule has 8 nitrogen and oxygen atoms in total. The monoisotopic (exact) mass is 453 g/mol. The van der Waals surface area contributed by atoms with Crippen LogP contribution in [0, 0.1) is 0 Å². The van der Waals surface area contributed by atoms with Crippen molar-refractivity contribution in [1.29, 1.82) is 0 Å². The standard InChI is InChI=1S/C23H24ClN5O3/c24-16-3-7-18(8-4-16)29-20(21-2-1-13-32-21)14-19(26-29)23(31)28-11-9-27(10-12-28)15-22(30)25-17-5-6-17/h1-4,7-8,13-14,17H,5-6,9-12,15H2,(H,25,30). The summed E-state index contributed by atoms with van der Waals surface area (Å²) in [6.45, 7) is 2.81. The van der Waals surface area contributed by atoms with Crippen LogP contribution in [0.5, 0.6) is 0 Å². The smallest absolute Gasteiger partial charge is 0.274 e. The zero-order chi connectivity index (χ0) is 22.1. The first kappa shape index (κ1) is 20.8. The van der Waals surface area contributed by atoms with Gasteiger partial charge in [-0.05, 0) is 49.2 Å². The molecule has 1 saturated heterocycles. The van der Waals surface area contributed by atoms with Gasteiger partial charge in [0.2, 0.25) is 5.91 Å². The third kappa shape index (κ3) is 4.56. The molecule has 2 amide bonds. The van der Waals surface area contributed by atoms with Crippen LogP contribution in [0.25, 0.3) is 17.1 Å². The molecule has 32 heavy (non-hydrogen) atoms. The fourth-order valence-corrected chi connectivity index (χ4v) is 3.97. The number of hydrogen-bond donors (Lipinski definition) is 1. The van der Waals surface area contributed by atoms with E-state index in [0.717, 1.165) is 18.5 Å². The Morgan fingerprint density at radius 3 is 2.50 bits per heavy atom. The molecule has 0 radical (unpaired) electrons. The topological polar surface area (TPSA) is 83.6 Å². The summed E-state index contributed by atoms with van der Waals surface area (Å²) in [4.78, 5) is 29.1. The lowest BCUT2D eigenvalue weighted by molar-refractivity contribution is -0.122. The second-order valence-corrected chi connectivity index (χ2v) is 8.63. The van der Waals surface area contributed by atoms with Crippen molar-refractivity contribution in [3.8, 4) is 17.1 Å². The van der Waals surface area contributed by atoms with Gasteiger partial charge in [-0.15, -0.1) is 0 Å². The first-order chi connectivity index (χ1) is 15.6. The highest BCUT2D eigenvalue weighted by molar-refractivity contribution is 6.30. The van der Waals surface area contributed by atoms with Crippen molar-refractivity contribution in [3.63, 3.8) is 0 Å². The van der Waals surface area contributed by atoms with Crippen LogP contribution in [0.1, 0.15) is 23.3 Å². The molecule has 2 aliphatic rings. The van der Waals surface area contributed by atoms with E-state index >= 15 is 0 Å². The number of nitrogens with zero attached hydrogens (tertiary/aromatic N) is 4. The first-order valence-electron chi connectivity index (χ1n) is 10.8. The number of amides is 2. The summed E-state index contributed by atoms with van der Waals surface area (Å²) >= 11 is 6.03. The average Bonchev–Trinajstić information content (AvgIpc) is 3.27. The number of furan rings is 1. The number of aromatic nitrogens is 2. The predicted molar refractivity (Wildman–Crippen MR) is 120 cm³/mol. The highest BCUT2D eigenvalue weighted by atomic mass is 35.5. The molecule has 2 aromatic heterocycles. The van der Waals surface area contributed by atoms with E-state index in [9.17, 15) is 9.59 Å². The maximum atomic E-state index is 13.2. The van der Waals surface area contributed by atoms with Crippen molar-refractivity contribution in [2.45, 2.75) is 18.9 Å². The first-order valence-corrected chi connectivity index (χ1v) is 11.2. The minimum atomic E-state index is -0.132. The number of halogens is 1. The highest BCUT2D eigenvalue weighted by Gasteiger charge is 2.28. The number of carbonyl (C=O) groups is 2. The fourth-order valence-electron chi connectivity index (χ4n) is 3.84. The molecule has 9 heteroatoms. The summed E-state index contributed by atoms with van der Waals surface area (Å²) in [5.74, 6) is 0.558. The Bertz CT molecular complexity index is 1100. The van der Waals surface area contributed by atoms with E-state index in [2.05, 4.69) is 15.3 Å². The van der Waals surface area contributed by atoms with Gasteiger partial charge in [0.1, 0.15) is 5.69 Å². The van der Waals surface area contributed by atoms with Crippen LogP contribution in [0.2, 0.25) is 5.02 Å². The van der Waals surface area contributed by atoms with Gasteiger partial charge >= 0.3 is 0 Å². The molecule has 3 heterocycles. The second kappa shape index (κ2) is 8.80. The number of benzene rings is 1. The second-order valence-electron chi connectivity index (χ2n) is 8.19. The van der Waals surface area contributed by atoms with E-state index in [1.165, 1.54) is 0 Å². The fraction of sp³-hybridized carbons (Fsp3) is 0.348. The van der Waals surface area contributed by atoms with Gasteiger partial charge in [0.25, 0.3) is 5.91 Å². The molecule has 1 aromatic carbocycles. The minimum Gasteiger partial charge on any atom is -0.463 e. The Labute approximate surface area is 190 Å². The van der Waals surface area contributed by atoms with E-state index in [-0.39, 0.29) is 11.8 Å². The number of rotatable bonds is 6. The Morgan fingerprint density at radius 2 is 1.84 bits per heavy atom. The Kier molecular flexibility index (Phi) is 5.71. The molecule has 0 unspecified atom stereocenters. The van der Waals surface area contributed by atoms with Crippen molar-refractivity contribution >= 4 is 23.4 Å². The van der Waals surface area contributed by atoms with Gasteiger partial charge in [-0.3, -0.25) is 14.5 Å². The van der Waals surface area contributed by atoms with Gasteiger partial charge < -0.3 is 14.6 Å². The van der Waals surface area contributed by atoms with Crippen LogP contribution in [0.3, 0.4) is 0 Å². The molecule has 1 saturated carbocycles. The number of piperazine rings is 1. The lowest BCUT2D eigenvalue weighted by Crippen LogP contribution is -2.51. The molecule has 0 spiro atoms. The number of hydrogen-bond acceptors (Lipinski definition) is 5. The average molecular weight is 454 g/mol. The van der Waals surface area contributed by atoms with Crippen molar-refractivity contribution in [2.75, 3.05) is 32.7 Å². The number of carbonyl (C=O) groups excluding carboxylic acids is 2. The summed E-state index contributed by atoms with van der Waals surface area (Å²) < 4.78 is 7.27. The maximum Gasteiger partial charge on any atom is 0.274 e. The van der Waals surface area contributed by atoms with E-state index in [0.29, 0.717) is 60.9 Å². The maximum absolute atomic E-state index is 13.2. The predicted octanol–water partition coefficient (Wildman–Crippen LogP) is 2.82. The molecular formula is C23H24ClN5O3. The molecule has 1 N–H and O–H groups in total. The Morgan fingerprint density at radius 1 is 1.09 bits per heavy atom. The molecule has 0 atom stereocenters. The van der Waals surface area contributed by atoms with Crippen LogP contribution in [-0.4, -0.2) is 70.2 Å². The molecule has 0 bridgehead atoms. The van der Waals surface area contributed by atoms with Crippen molar-refractivity contribution in [3.05, 3.63) is 59.4 Å². The van der Waals surface area contributed by atoms with Gasteiger partial charge in [-0.1, -0.05) is 11.6 Å². The van der Waals surface area contributed by atoms with Crippen LogP contribution in [0.4, 0.5) is 0 Å². The summed E-state index contributed by atoms with van der Waals surface area (Å²) in [6.07, 6.45) is 3.75. The lowest BCUT2D eigenvalue weighted by atomic mass is 10.2. The van der Waals surface area contributed by atoms with E-state index in [4.69, 9.17) is 16.0 Å². The molecule has 3 aromatic rings. The zero-order valence-electron chi connectivity index (χ0n) is 17.5. The summed E-state index contributed by atoms with van der Waals surface area (Å²) in [5.41, 5.74) is 1.83. The van der Waals surface area contributed by atoms with E-state index in [1.807, 2.05) is 18.2 Å². The van der Waals surface area contributed by atoms with Crippen LogP contribution >= 0.6 is 11.6 Å². The van der Waals surface area contributed by atoms with Gasteiger partial charge in [0.15, 0.2) is 11.5 Å². The Hall–Kier alpha value is -3.10. The largest absolute Gasteiger partial charge is 0.463 e. The molecular weight excluding hydrogens is 430 g/mol. The van der Waals surface area contributed by atoms with E-state index < -0.39 is 0 Å². The summed E-state index contributed by atoms with van der Waals surface area (Å²) in [5, 5.41) is 8.23. The van der Waals surface area contributed by atoms with E-state index in [1.54, 1.807) is 40.1 Å². The minimum absolute atomic E-state index is 0.0667. The Balaban J connectivity index is 1.30. The summed E-state index contributed by atoms with van der Waals surface area (Å²) in [7, 11) is 0. The van der Waals surface area contributed by atoms with Crippen molar-refractivity contribution in [2.24, 2.45) is 0 Å². The highest BCUT2D eigenvalue weighted by Crippen LogP contribution is 2.26. The lowest BCUT2D eigenvalue weighted by Gasteiger charge is -2.33. The van der Waals surface area contributed by atoms with Gasteiger partial charge in [0, 0.05) is 43.3 Å². The normalized spacial score (nSPS) is 16.8. The summed E-state index contributed by atoms with van der Waals surface area (Å²) in [6, 6.07) is 13.0. The van der Waals surface area contributed by atoms with Gasteiger partial charge in [0.05, 0.1) is 18.5 Å². The quantitative estimate of drug-likeness (QED) is 0.620. The molecule has 1 aliphatic heterocycles. The van der Waals surface area contributed by atoms with Crippen LogP contribution in [0.15, 0.2) is 53.1 Å².